The summed E-state index contributed by atoms with van der Waals surface area (Å²) >= 11 is 0. The Hall–Kier alpha value is -1.11. The summed E-state index contributed by atoms with van der Waals surface area (Å²) in [5, 5.41) is 0. The van der Waals surface area contributed by atoms with Crippen LogP contribution in [-0.2, 0) is 14.8 Å². The van der Waals surface area contributed by atoms with Crippen LogP contribution in [0.15, 0.2) is 23.1 Å². The summed E-state index contributed by atoms with van der Waals surface area (Å²) < 4.78 is 32.2. The van der Waals surface area contributed by atoms with E-state index in [1.54, 1.807) is 25.1 Å². The van der Waals surface area contributed by atoms with Crippen molar-refractivity contribution >= 4 is 15.7 Å². The number of nitrogen functional groups attached to an aromatic ring is 1. The van der Waals surface area contributed by atoms with Gasteiger partial charge in [0.25, 0.3) is 0 Å². The first-order valence-corrected chi connectivity index (χ1v) is 7.76. The van der Waals surface area contributed by atoms with Gasteiger partial charge in [0.2, 0.25) is 10.0 Å². The third kappa shape index (κ3) is 2.91. The van der Waals surface area contributed by atoms with Gasteiger partial charge >= 0.3 is 0 Å². The van der Waals surface area contributed by atoms with Crippen LogP contribution in [0.25, 0.3) is 0 Å². The Labute approximate surface area is 114 Å². The molecule has 0 radical (unpaired) electrons. The van der Waals surface area contributed by atoms with E-state index in [2.05, 4.69) is 0 Å². The minimum atomic E-state index is -3.47. The van der Waals surface area contributed by atoms with Crippen molar-refractivity contribution in [3.8, 4) is 0 Å². The van der Waals surface area contributed by atoms with Gasteiger partial charge in [0.15, 0.2) is 0 Å². The number of hydrogen-bond acceptors (Lipinski definition) is 4. The van der Waals surface area contributed by atoms with Crippen molar-refractivity contribution in [2.45, 2.75) is 37.9 Å². The average Bonchev–Trinajstić information content (AvgIpc) is 2.31. The molecule has 1 aliphatic rings. The molecule has 1 aliphatic heterocycles. The standard InChI is InChI=1S/C13H20N2O3S/c1-9-6-12(4-5-13(9)14)19(16,17)15-7-10(2)18-11(3)8-15/h4-6,10-11H,7-8,14H2,1-3H3. The normalized spacial score (nSPS) is 25.4. The van der Waals surface area contributed by atoms with E-state index in [4.69, 9.17) is 10.5 Å². The van der Waals surface area contributed by atoms with Crippen LogP contribution >= 0.6 is 0 Å². The molecular formula is C13H20N2O3S. The molecule has 106 valence electrons. The largest absolute Gasteiger partial charge is 0.399 e. The van der Waals surface area contributed by atoms with E-state index < -0.39 is 10.0 Å². The first kappa shape index (κ1) is 14.3. The third-order valence-corrected chi connectivity index (χ3v) is 5.09. The van der Waals surface area contributed by atoms with Gasteiger partial charge in [-0.2, -0.15) is 4.31 Å². The Morgan fingerprint density at radius 3 is 2.37 bits per heavy atom. The number of morpholine rings is 1. The second-order valence-electron chi connectivity index (χ2n) is 5.10. The summed E-state index contributed by atoms with van der Waals surface area (Å²) in [5.74, 6) is 0. The van der Waals surface area contributed by atoms with Crippen LogP contribution in [0.2, 0.25) is 0 Å². The zero-order chi connectivity index (χ0) is 14.2. The molecule has 2 unspecified atom stereocenters. The molecule has 0 spiro atoms. The maximum Gasteiger partial charge on any atom is 0.243 e. The van der Waals surface area contributed by atoms with Crippen LogP contribution in [0.1, 0.15) is 19.4 Å². The number of nitrogens with zero attached hydrogens (tertiary/aromatic N) is 1. The van der Waals surface area contributed by atoms with E-state index in [1.807, 2.05) is 13.8 Å². The van der Waals surface area contributed by atoms with Crippen molar-refractivity contribution < 1.29 is 13.2 Å². The molecule has 1 heterocycles. The van der Waals surface area contributed by atoms with Gasteiger partial charge in [0, 0.05) is 18.8 Å². The van der Waals surface area contributed by atoms with Crippen LogP contribution < -0.4 is 5.73 Å². The molecule has 1 saturated heterocycles. The fourth-order valence-corrected chi connectivity index (χ4v) is 3.96. The van der Waals surface area contributed by atoms with E-state index in [9.17, 15) is 8.42 Å². The van der Waals surface area contributed by atoms with Crippen molar-refractivity contribution in [3.63, 3.8) is 0 Å². The smallest absolute Gasteiger partial charge is 0.243 e. The predicted octanol–water partition coefficient (Wildman–Crippen LogP) is 1.38. The zero-order valence-electron chi connectivity index (χ0n) is 11.5. The third-order valence-electron chi connectivity index (χ3n) is 3.27. The average molecular weight is 284 g/mol. The molecule has 2 N–H and O–H groups in total. The summed E-state index contributed by atoms with van der Waals surface area (Å²) in [6.07, 6.45) is -0.179. The molecule has 6 heteroatoms. The highest BCUT2D eigenvalue weighted by atomic mass is 32.2. The number of sulfonamides is 1. The highest BCUT2D eigenvalue weighted by Crippen LogP contribution is 2.23. The zero-order valence-corrected chi connectivity index (χ0v) is 12.3. The number of benzene rings is 1. The van der Waals surface area contributed by atoms with Crippen LogP contribution in [0.3, 0.4) is 0 Å². The van der Waals surface area contributed by atoms with Crippen molar-refractivity contribution in [2.75, 3.05) is 18.8 Å². The second-order valence-corrected chi connectivity index (χ2v) is 7.04. The number of nitrogens with two attached hydrogens (primary N) is 1. The Morgan fingerprint density at radius 2 is 1.84 bits per heavy atom. The van der Waals surface area contributed by atoms with Crippen LogP contribution in [-0.4, -0.2) is 38.0 Å². The number of aryl methyl sites for hydroxylation is 1. The van der Waals surface area contributed by atoms with Gasteiger partial charge in [0.1, 0.15) is 0 Å². The molecule has 1 aromatic rings. The molecule has 2 atom stereocenters. The maximum atomic E-state index is 12.6. The summed E-state index contributed by atoms with van der Waals surface area (Å²) in [6.45, 7) is 6.34. The van der Waals surface area contributed by atoms with Crippen LogP contribution in [0.5, 0.6) is 0 Å². The first-order valence-electron chi connectivity index (χ1n) is 6.32. The molecule has 0 aromatic heterocycles. The summed E-state index contributed by atoms with van der Waals surface area (Å²) in [5.41, 5.74) is 7.10. The van der Waals surface area contributed by atoms with E-state index in [-0.39, 0.29) is 12.2 Å². The maximum absolute atomic E-state index is 12.6. The minimum Gasteiger partial charge on any atom is -0.399 e. The lowest BCUT2D eigenvalue weighted by Gasteiger charge is -2.34. The van der Waals surface area contributed by atoms with Crippen molar-refractivity contribution in [3.05, 3.63) is 23.8 Å². The van der Waals surface area contributed by atoms with Gasteiger partial charge in [-0.3, -0.25) is 0 Å². The number of ether oxygens (including phenoxy) is 1. The van der Waals surface area contributed by atoms with Gasteiger partial charge in [-0.1, -0.05) is 0 Å². The number of rotatable bonds is 2. The van der Waals surface area contributed by atoms with Crippen LogP contribution in [0, 0.1) is 6.92 Å². The van der Waals surface area contributed by atoms with Gasteiger partial charge in [-0.15, -0.1) is 0 Å². The molecule has 0 bridgehead atoms. The molecule has 0 saturated carbocycles. The highest BCUT2D eigenvalue weighted by molar-refractivity contribution is 7.89. The van der Waals surface area contributed by atoms with E-state index >= 15 is 0 Å². The lowest BCUT2D eigenvalue weighted by molar-refractivity contribution is -0.0440. The lowest BCUT2D eigenvalue weighted by Crippen LogP contribution is -2.48. The molecule has 0 amide bonds. The number of anilines is 1. The van der Waals surface area contributed by atoms with E-state index in [0.29, 0.717) is 23.7 Å². The first-order chi connectivity index (χ1) is 8.80. The van der Waals surface area contributed by atoms with Gasteiger partial charge < -0.3 is 10.5 Å². The Morgan fingerprint density at radius 1 is 1.26 bits per heavy atom. The van der Waals surface area contributed by atoms with Crippen LogP contribution in [0.4, 0.5) is 5.69 Å². The Bertz CT molecular complexity index is 561. The molecule has 1 fully saturated rings. The van der Waals surface area contributed by atoms with Crippen molar-refractivity contribution in [1.82, 2.24) is 4.31 Å². The summed E-state index contributed by atoms with van der Waals surface area (Å²) in [6, 6.07) is 4.81. The summed E-state index contributed by atoms with van der Waals surface area (Å²) in [4.78, 5) is 0.292. The molecule has 0 aliphatic carbocycles. The minimum absolute atomic E-state index is 0.0894. The highest BCUT2D eigenvalue weighted by Gasteiger charge is 2.32. The van der Waals surface area contributed by atoms with E-state index in [0.717, 1.165) is 5.56 Å². The van der Waals surface area contributed by atoms with Gasteiger partial charge in [0.05, 0.1) is 17.1 Å². The SMILES string of the molecule is Cc1cc(S(=O)(=O)N2CC(C)OC(C)C2)ccc1N. The second kappa shape index (κ2) is 5.11. The molecule has 5 nitrogen and oxygen atoms in total. The topological polar surface area (TPSA) is 72.6 Å². The fraction of sp³-hybridized carbons (Fsp3) is 0.538. The lowest BCUT2D eigenvalue weighted by atomic mass is 10.2. The fourth-order valence-electron chi connectivity index (χ4n) is 2.28. The number of hydrogen-bond donors (Lipinski definition) is 1. The Balaban J connectivity index is 2.33. The summed E-state index contributed by atoms with van der Waals surface area (Å²) in [7, 11) is -3.47. The molecule has 19 heavy (non-hydrogen) atoms. The van der Waals surface area contributed by atoms with E-state index in [1.165, 1.54) is 4.31 Å². The molecule has 2 rings (SSSR count). The van der Waals surface area contributed by atoms with Crippen molar-refractivity contribution in [1.29, 1.82) is 0 Å². The quantitative estimate of drug-likeness (QED) is 0.833. The molecular weight excluding hydrogens is 264 g/mol. The van der Waals surface area contributed by atoms with Gasteiger partial charge in [-0.25, -0.2) is 8.42 Å². The monoisotopic (exact) mass is 284 g/mol. The van der Waals surface area contributed by atoms with Gasteiger partial charge in [-0.05, 0) is 44.5 Å². The predicted molar refractivity (Wildman–Crippen MR) is 74.4 cm³/mol. The molecule has 1 aromatic carbocycles. The van der Waals surface area contributed by atoms with Crippen molar-refractivity contribution in [2.24, 2.45) is 0 Å². The Kier molecular flexibility index (Phi) is 3.85.